The Labute approximate surface area is 206 Å². The standard InChI is InChI=1S/C27H34N2O6/c1-26(2,3)35-25(31)29-13-11-27(32,12-14-29)21-10-9-20-15-22(18-33-23(20)16-21)28-24(30)34-17-19-7-5-4-6-8-19/h4-10,16,22,32H,11-15,17-18H2,1-3H3,(H,28,30)/t22-/m1/s1. The van der Waals surface area contributed by atoms with Gasteiger partial charge in [-0.05, 0) is 62.8 Å². The number of hydrogen-bond donors (Lipinski definition) is 2. The highest BCUT2D eigenvalue weighted by atomic mass is 16.6. The number of aliphatic hydroxyl groups is 1. The number of piperidine rings is 1. The fourth-order valence-corrected chi connectivity index (χ4v) is 4.36. The van der Waals surface area contributed by atoms with Gasteiger partial charge in [-0.1, -0.05) is 42.5 Å². The predicted molar refractivity (Wildman–Crippen MR) is 130 cm³/mol. The van der Waals surface area contributed by atoms with E-state index in [1.54, 1.807) is 4.90 Å². The van der Waals surface area contributed by atoms with Crippen LogP contribution in [0, 0.1) is 0 Å². The molecule has 2 aromatic rings. The third-order valence-corrected chi connectivity index (χ3v) is 6.29. The van der Waals surface area contributed by atoms with E-state index < -0.39 is 17.3 Å². The minimum Gasteiger partial charge on any atom is -0.491 e. The summed E-state index contributed by atoms with van der Waals surface area (Å²) in [5.74, 6) is 0.709. The molecule has 1 atom stereocenters. The molecule has 2 heterocycles. The molecule has 8 heteroatoms. The molecule has 0 aliphatic carbocycles. The van der Waals surface area contributed by atoms with Gasteiger partial charge in [0.1, 0.15) is 24.6 Å². The zero-order chi connectivity index (χ0) is 25.1. The number of nitrogens with zero attached hydrogens (tertiary/aromatic N) is 1. The summed E-state index contributed by atoms with van der Waals surface area (Å²) in [7, 11) is 0. The van der Waals surface area contributed by atoms with Crippen molar-refractivity contribution in [2.45, 2.75) is 63.9 Å². The topological polar surface area (TPSA) is 97.3 Å². The number of likely N-dealkylation sites (tertiary alicyclic amines) is 1. The van der Waals surface area contributed by atoms with Gasteiger partial charge in [-0.2, -0.15) is 0 Å². The first-order valence-electron chi connectivity index (χ1n) is 12.0. The summed E-state index contributed by atoms with van der Waals surface area (Å²) < 4.78 is 16.7. The molecule has 0 radical (unpaired) electrons. The zero-order valence-corrected chi connectivity index (χ0v) is 20.6. The molecule has 1 saturated heterocycles. The summed E-state index contributed by atoms with van der Waals surface area (Å²) in [5.41, 5.74) is 1.08. The van der Waals surface area contributed by atoms with E-state index in [9.17, 15) is 14.7 Å². The van der Waals surface area contributed by atoms with Gasteiger partial charge in [-0.25, -0.2) is 9.59 Å². The number of fused-ring (bicyclic) bond motifs is 1. The minimum atomic E-state index is -1.03. The molecule has 1 fully saturated rings. The van der Waals surface area contributed by atoms with Gasteiger partial charge in [0.25, 0.3) is 0 Å². The third-order valence-electron chi connectivity index (χ3n) is 6.29. The van der Waals surface area contributed by atoms with Crippen molar-refractivity contribution in [2.75, 3.05) is 19.7 Å². The molecule has 2 aromatic carbocycles. The highest BCUT2D eigenvalue weighted by molar-refractivity contribution is 5.68. The normalized spacial score (nSPS) is 19.2. The van der Waals surface area contributed by atoms with Crippen LogP contribution < -0.4 is 10.1 Å². The molecule has 0 bridgehead atoms. The lowest BCUT2D eigenvalue weighted by Gasteiger charge is -2.39. The average Bonchev–Trinajstić information content (AvgIpc) is 2.82. The van der Waals surface area contributed by atoms with Crippen LogP contribution in [0.3, 0.4) is 0 Å². The number of carbonyl (C=O) groups excluding carboxylic acids is 2. The summed E-state index contributed by atoms with van der Waals surface area (Å²) in [5, 5.41) is 14.2. The molecule has 4 rings (SSSR count). The molecule has 0 unspecified atom stereocenters. The Bertz CT molecular complexity index is 1040. The van der Waals surface area contributed by atoms with Crippen molar-refractivity contribution in [2.24, 2.45) is 0 Å². The van der Waals surface area contributed by atoms with E-state index in [-0.39, 0.29) is 18.7 Å². The van der Waals surface area contributed by atoms with E-state index in [4.69, 9.17) is 14.2 Å². The van der Waals surface area contributed by atoms with Crippen molar-refractivity contribution >= 4 is 12.2 Å². The van der Waals surface area contributed by atoms with E-state index in [2.05, 4.69) is 5.32 Å². The average molecular weight is 483 g/mol. The molecule has 188 valence electrons. The molecule has 2 amide bonds. The first-order valence-corrected chi connectivity index (χ1v) is 12.0. The number of alkyl carbamates (subject to hydrolysis) is 1. The van der Waals surface area contributed by atoms with Crippen LogP contribution in [0.25, 0.3) is 0 Å². The maximum atomic E-state index is 12.3. The molecule has 8 nitrogen and oxygen atoms in total. The van der Waals surface area contributed by atoms with Crippen LogP contribution in [0.4, 0.5) is 9.59 Å². The number of benzene rings is 2. The summed E-state index contributed by atoms with van der Waals surface area (Å²) in [6.07, 6.45) is 0.619. The van der Waals surface area contributed by atoms with Crippen LogP contribution >= 0.6 is 0 Å². The van der Waals surface area contributed by atoms with Crippen molar-refractivity contribution in [1.82, 2.24) is 10.2 Å². The van der Waals surface area contributed by atoms with Crippen molar-refractivity contribution in [1.29, 1.82) is 0 Å². The quantitative estimate of drug-likeness (QED) is 0.680. The Morgan fingerprint density at radius 1 is 1.14 bits per heavy atom. The fraction of sp³-hybridized carbons (Fsp3) is 0.481. The SMILES string of the molecule is CC(C)(C)OC(=O)N1CCC(O)(c2ccc3c(c2)OC[C@H](NC(=O)OCc2ccccc2)C3)CC1. The van der Waals surface area contributed by atoms with Gasteiger partial charge in [0, 0.05) is 13.1 Å². The van der Waals surface area contributed by atoms with Gasteiger partial charge < -0.3 is 29.5 Å². The van der Waals surface area contributed by atoms with Crippen LogP contribution in [0.15, 0.2) is 48.5 Å². The number of hydrogen-bond acceptors (Lipinski definition) is 6. The van der Waals surface area contributed by atoms with Crippen molar-refractivity contribution in [3.63, 3.8) is 0 Å². The molecule has 0 aromatic heterocycles. The predicted octanol–water partition coefficient (Wildman–Crippen LogP) is 4.14. The second-order valence-corrected chi connectivity index (χ2v) is 10.2. The molecule has 0 spiro atoms. The Kier molecular flexibility index (Phi) is 7.21. The lowest BCUT2D eigenvalue weighted by atomic mass is 9.83. The zero-order valence-electron chi connectivity index (χ0n) is 20.6. The van der Waals surface area contributed by atoms with E-state index >= 15 is 0 Å². The highest BCUT2D eigenvalue weighted by Gasteiger charge is 2.37. The van der Waals surface area contributed by atoms with E-state index in [1.807, 2.05) is 69.3 Å². The van der Waals surface area contributed by atoms with E-state index in [0.29, 0.717) is 44.7 Å². The fourth-order valence-electron chi connectivity index (χ4n) is 4.36. The van der Waals surface area contributed by atoms with E-state index in [0.717, 1.165) is 16.7 Å². The van der Waals surface area contributed by atoms with Crippen molar-refractivity contribution in [3.05, 3.63) is 65.2 Å². The second-order valence-electron chi connectivity index (χ2n) is 10.2. The summed E-state index contributed by atoms with van der Waals surface area (Å²) in [6.45, 7) is 6.89. The van der Waals surface area contributed by atoms with Gasteiger partial charge in [0.05, 0.1) is 11.6 Å². The number of ether oxygens (including phenoxy) is 3. The lowest BCUT2D eigenvalue weighted by molar-refractivity contribution is -0.0357. The molecule has 2 N–H and O–H groups in total. The van der Waals surface area contributed by atoms with Crippen molar-refractivity contribution in [3.8, 4) is 5.75 Å². The summed E-state index contributed by atoms with van der Waals surface area (Å²) in [4.78, 5) is 26.2. The first kappa shape index (κ1) is 24.9. The number of amides is 2. The van der Waals surface area contributed by atoms with Gasteiger partial charge in [0.2, 0.25) is 0 Å². The maximum Gasteiger partial charge on any atom is 0.410 e. The molecular weight excluding hydrogens is 448 g/mol. The molecule has 2 aliphatic rings. The lowest BCUT2D eigenvalue weighted by Crippen LogP contribution is -2.47. The van der Waals surface area contributed by atoms with Gasteiger partial charge >= 0.3 is 12.2 Å². The van der Waals surface area contributed by atoms with Crippen LogP contribution in [0.1, 0.15) is 50.3 Å². The van der Waals surface area contributed by atoms with Crippen molar-refractivity contribution < 1.29 is 28.9 Å². The maximum absolute atomic E-state index is 12.3. The molecular formula is C27H34N2O6. The van der Waals surface area contributed by atoms with Crippen LogP contribution in [-0.2, 0) is 28.1 Å². The van der Waals surface area contributed by atoms with Gasteiger partial charge in [-0.15, -0.1) is 0 Å². The van der Waals surface area contributed by atoms with E-state index in [1.165, 1.54) is 0 Å². The van der Waals surface area contributed by atoms with Crippen LogP contribution in [-0.4, -0.2) is 53.5 Å². The monoisotopic (exact) mass is 482 g/mol. The Hall–Kier alpha value is -3.26. The smallest absolute Gasteiger partial charge is 0.410 e. The Balaban J connectivity index is 1.30. The summed E-state index contributed by atoms with van der Waals surface area (Å²) >= 11 is 0. The molecule has 0 saturated carbocycles. The first-order chi connectivity index (χ1) is 16.6. The second kappa shape index (κ2) is 10.2. The van der Waals surface area contributed by atoms with Crippen LogP contribution in [0.2, 0.25) is 0 Å². The Morgan fingerprint density at radius 3 is 2.54 bits per heavy atom. The highest BCUT2D eigenvalue weighted by Crippen LogP contribution is 2.37. The molecule has 2 aliphatic heterocycles. The van der Waals surface area contributed by atoms with Gasteiger partial charge in [-0.3, -0.25) is 0 Å². The Morgan fingerprint density at radius 2 is 1.86 bits per heavy atom. The largest absolute Gasteiger partial charge is 0.491 e. The number of carbonyl (C=O) groups is 2. The molecule has 35 heavy (non-hydrogen) atoms. The number of rotatable bonds is 4. The van der Waals surface area contributed by atoms with Gasteiger partial charge in [0.15, 0.2) is 0 Å². The summed E-state index contributed by atoms with van der Waals surface area (Å²) in [6, 6.07) is 15.0. The number of nitrogens with one attached hydrogen (secondary N) is 1. The van der Waals surface area contributed by atoms with Crippen LogP contribution in [0.5, 0.6) is 5.75 Å². The third kappa shape index (κ3) is 6.45. The minimum absolute atomic E-state index is 0.197.